The average Bonchev–Trinajstić information content (AvgIpc) is 2.54. The van der Waals surface area contributed by atoms with Crippen LogP contribution in [0.25, 0.3) is 0 Å². The lowest BCUT2D eigenvalue weighted by atomic mass is 9.77. The van der Waals surface area contributed by atoms with Gasteiger partial charge in [-0.3, -0.25) is 4.90 Å². The molecule has 0 aliphatic carbocycles. The zero-order chi connectivity index (χ0) is 20.6. The lowest BCUT2D eigenvalue weighted by Crippen LogP contribution is -2.24. The summed E-state index contributed by atoms with van der Waals surface area (Å²) in [5.74, 6) is 1.23. The summed E-state index contributed by atoms with van der Waals surface area (Å²) < 4.78 is 5.30. The summed E-state index contributed by atoms with van der Waals surface area (Å²) in [6, 6.07) is 12.4. The first-order valence-corrected chi connectivity index (χ1v) is 9.54. The van der Waals surface area contributed by atoms with Gasteiger partial charge in [0, 0.05) is 5.56 Å². The van der Waals surface area contributed by atoms with E-state index in [-0.39, 0.29) is 16.9 Å². The van der Waals surface area contributed by atoms with E-state index in [1.165, 1.54) is 5.56 Å². The fourth-order valence-electron chi connectivity index (χ4n) is 3.41. The van der Waals surface area contributed by atoms with Crippen molar-refractivity contribution < 1.29 is 9.84 Å². The number of nitrogens with zero attached hydrogens (tertiary/aromatic N) is 1. The van der Waals surface area contributed by atoms with Crippen LogP contribution in [0.4, 0.5) is 0 Å². The Labute approximate surface area is 165 Å². The molecule has 0 aromatic heterocycles. The number of phenolic OH excluding ortho intramolecular Hbond substituents is 1. The Morgan fingerprint density at radius 3 is 1.85 bits per heavy atom. The van der Waals surface area contributed by atoms with Gasteiger partial charge in [0.1, 0.15) is 11.5 Å². The van der Waals surface area contributed by atoms with Crippen molar-refractivity contribution in [1.29, 1.82) is 0 Å². The SMILES string of the molecule is COc1ccc([C@H](c2cc(C(C)(C)C)cc(C(C)(C)C)c2O)N(C)C)cc1. The molecule has 0 saturated carbocycles. The highest BCUT2D eigenvalue weighted by Crippen LogP contribution is 2.42. The molecule has 148 valence electrons. The fourth-order valence-corrected chi connectivity index (χ4v) is 3.41. The Bertz CT molecular complexity index is 778. The van der Waals surface area contributed by atoms with Crippen LogP contribution in [-0.4, -0.2) is 31.2 Å². The Morgan fingerprint density at radius 1 is 0.889 bits per heavy atom. The number of rotatable bonds is 4. The van der Waals surface area contributed by atoms with Gasteiger partial charge in [-0.2, -0.15) is 0 Å². The number of ether oxygens (including phenoxy) is 1. The predicted octanol–water partition coefficient (Wildman–Crippen LogP) is 5.65. The van der Waals surface area contributed by atoms with Crippen LogP contribution >= 0.6 is 0 Å². The molecule has 0 fully saturated rings. The highest BCUT2D eigenvalue weighted by Gasteiger charge is 2.29. The van der Waals surface area contributed by atoms with Gasteiger partial charge < -0.3 is 9.84 Å². The van der Waals surface area contributed by atoms with E-state index < -0.39 is 0 Å². The van der Waals surface area contributed by atoms with Crippen molar-refractivity contribution in [2.45, 2.75) is 58.4 Å². The van der Waals surface area contributed by atoms with Gasteiger partial charge >= 0.3 is 0 Å². The standard InChI is InChI=1S/C24H35NO2/c1-23(2,3)17-14-19(22(26)20(15-17)24(4,5)6)21(25(7)8)16-10-12-18(27-9)13-11-16/h10-15,21,26H,1-9H3/t21-/m1/s1. The molecule has 0 bridgehead atoms. The second kappa shape index (κ2) is 7.55. The van der Waals surface area contributed by atoms with E-state index in [0.29, 0.717) is 5.75 Å². The Hall–Kier alpha value is -2.00. The second-order valence-electron chi connectivity index (χ2n) is 9.60. The molecule has 3 nitrogen and oxygen atoms in total. The number of hydrogen-bond donors (Lipinski definition) is 1. The maximum absolute atomic E-state index is 11.2. The van der Waals surface area contributed by atoms with Crippen molar-refractivity contribution in [3.05, 3.63) is 58.7 Å². The maximum atomic E-state index is 11.2. The molecule has 0 heterocycles. The van der Waals surface area contributed by atoms with E-state index in [0.717, 1.165) is 22.4 Å². The van der Waals surface area contributed by atoms with E-state index in [1.807, 2.05) is 12.1 Å². The average molecular weight is 370 g/mol. The molecule has 27 heavy (non-hydrogen) atoms. The van der Waals surface area contributed by atoms with Crippen LogP contribution in [0, 0.1) is 0 Å². The number of aromatic hydroxyl groups is 1. The monoisotopic (exact) mass is 369 g/mol. The lowest BCUT2D eigenvalue weighted by molar-refractivity contribution is 0.328. The highest BCUT2D eigenvalue weighted by atomic mass is 16.5. The van der Waals surface area contributed by atoms with Gasteiger partial charge in [0.2, 0.25) is 0 Å². The topological polar surface area (TPSA) is 32.7 Å². The third kappa shape index (κ3) is 4.65. The molecule has 0 radical (unpaired) electrons. The zero-order valence-corrected chi connectivity index (χ0v) is 18.3. The molecule has 2 rings (SSSR count). The van der Waals surface area contributed by atoms with Crippen LogP contribution in [0.3, 0.4) is 0 Å². The van der Waals surface area contributed by atoms with E-state index in [2.05, 4.69) is 84.8 Å². The van der Waals surface area contributed by atoms with E-state index in [4.69, 9.17) is 4.74 Å². The highest BCUT2D eigenvalue weighted by molar-refractivity contribution is 5.52. The van der Waals surface area contributed by atoms with E-state index >= 15 is 0 Å². The largest absolute Gasteiger partial charge is 0.507 e. The van der Waals surface area contributed by atoms with E-state index in [1.54, 1.807) is 7.11 Å². The molecule has 0 aliphatic rings. The van der Waals surface area contributed by atoms with Crippen molar-refractivity contribution in [3.63, 3.8) is 0 Å². The van der Waals surface area contributed by atoms with Gasteiger partial charge in [-0.25, -0.2) is 0 Å². The van der Waals surface area contributed by atoms with Crippen molar-refractivity contribution in [2.75, 3.05) is 21.2 Å². The molecular weight excluding hydrogens is 334 g/mol. The van der Waals surface area contributed by atoms with Crippen molar-refractivity contribution >= 4 is 0 Å². The molecular formula is C24H35NO2. The summed E-state index contributed by atoms with van der Waals surface area (Å²) in [7, 11) is 5.77. The first-order chi connectivity index (χ1) is 12.4. The summed E-state index contributed by atoms with van der Waals surface area (Å²) in [4.78, 5) is 2.15. The van der Waals surface area contributed by atoms with Gasteiger partial charge in [0.15, 0.2) is 0 Å². The predicted molar refractivity (Wildman–Crippen MR) is 114 cm³/mol. The Morgan fingerprint density at radius 2 is 1.44 bits per heavy atom. The van der Waals surface area contributed by atoms with Gasteiger partial charge in [0.05, 0.1) is 13.2 Å². The molecule has 1 atom stereocenters. The molecule has 0 saturated heterocycles. The summed E-state index contributed by atoms with van der Waals surface area (Å²) in [6.45, 7) is 13.1. The Kier molecular flexibility index (Phi) is 5.96. The smallest absolute Gasteiger partial charge is 0.124 e. The van der Waals surface area contributed by atoms with Crippen LogP contribution in [0.2, 0.25) is 0 Å². The minimum Gasteiger partial charge on any atom is -0.507 e. The zero-order valence-electron chi connectivity index (χ0n) is 18.3. The van der Waals surface area contributed by atoms with Gasteiger partial charge in [0.25, 0.3) is 0 Å². The lowest BCUT2D eigenvalue weighted by Gasteiger charge is -2.32. The molecule has 0 unspecified atom stereocenters. The quantitative estimate of drug-likeness (QED) is 0.756. The molecule has 0 spiro atoms. The molecule has 3 heteroatoms. The minimum absolute atomic E-state index is 0.000773. The summed E-state index contributed by atoms with van der Waals surface area (Å²) in [6.07, 6.45) is 0. The first kappa shape index (κ1) is 21.3. The number of phenols is 1. The van der Waals surface area contributed by atoms with Crippen LogP contribution < -0.4 is 4.74 Å². The van der Waals surface area contributed by atoms with Crippen LogP contribution in [0.5, 0.6) is 11.5 Å². The second-order valence-corrected chi connectivity index (χ2v) is 9.60. The van der Waals surface area contributed by atoms with E-state index in [9.17, 15) is 5.11 Å². The van der Waals surface area contributed by atoms with Crippen molar-refractivity contribution in [2.24, 2.45) is 0 Å². The fraction of sp³-hybridized carbons (Fsp3) is 0.500. The molecule has 2 aromatic carbocycles. The first-order valence-electron chi connectivity index (χ1n) is 9.54. The third-order valence-corrected chi connectivity index (χ3v) is 5.06. The van der Waals surface area contributed by atoms with Crippen molar-refractivity contribution in [1.82, 2.24) is 4.90 Å². The number of benzene rings is 2. The van der Waals surface area contributed by atoms with Crippen LogP contribution in [-0.2, 0) is 10.8 Å². The summed E-state index contributed by atoms with van der Waals surface area (Å²) in [5, 5.41) is 11.2. The third-order valence-electron chi connectivity index (χ3n) is 5.06. The molecule has 2 aromatic rings. The van der Waals surface area contributed by atoms with Crippen LogP contribution in [0.15, 0.2) is 36.4 Å². The van der Waals surface area contributed by atoms with Gasteiger partial charge in [-0.05, 0) is 59.8 Å². The van der Waals surface area contributed by atoms with Crippen molar-refractivity contribution in [3.8, 4) is 11.5 Å². The molecule has 0 amide bonds. The minimum atomic E-state index is -0.142. The molecule has 0 aliphatic heterocycles. The summed E-state index contributed by atoms with van der Waals surface area (Å²) in [5.41, 5.74) is 4.16. The molecule has 1 N–H and O–H groups in total. The normalized spacial score (nSPS) is 13.7. The summed E-state index contributed by atoms with van der Waals surface area (Å²) >= 11 is 0. The number of hydrogen-bond acceptors (Lipinski definition) is 3. The van der Waals surface area contributed by atoms with Gasteiger partial charge in [-0.1, -0.05) is 59.7 Å². The number of methoxy groups -OCH3 is 1. The Balaban J connectivity index is 2.74. The van der Waals surface area contributed by atoms with Crippen LogP contribution in [0.1, 0.15) is 69.8 Å². The maximum Gasteiger partial charge on any atom is 0.124 e. The van der Waals surface area contributed by atoms with Gasteiger partial charge in [-0.15, -0.1) is 0 Å².